The maximum Gasteiger partial charge on any atom is 0.310 e. The molecule has 1 aliphatic heterocycles. The Morgan fingerprint density at radius 1 is 1.10 bits per heavy atom. The first kappa shape index (κ1) is 18.0. The lowest BCUT2D eigenvalue weighted by Gasteiger charge is -2.39. The van der Waals surface area contributed by atoms with Crippen molar-refractivity contribution in [3.8, 4) is 0 Å². The van der Waals surface area contributed by atoms with E-state index in [-0.39, 0.29) is 17.7 Å². The molecule has 0 atom stereocenters. The molecule has 0 radical (unpaired) electrons. The smallest absolute Gasteiger partial charge is 0.310 e. The average Bonchev–Trinajstić information content (AvgIpc) is 2.43. The third kappa shape index (κ3) is 4.21. The largest absolute Gasteiger partial charge is 0.481 e. The minimum atomic E-state index is -0.891. The molecule has 1 rings (SSSR count). The highest BCUT2D eigenvalue weighted by Gasteiger charge is 2.39. The van der Waals surface area contributed by atoms with E-state index < -0.39 is 11.4 Å². The Hall–Kier alpha value is -1.06. The maximum absolute atomic E-state index is 12.5. The van der Waals surface area contributed by atoms with E-state index in [4.69, 9.17) is 0 Å². The van der Waals surface area contributed by atoms with E-state index in [1.54, 1.807) is 0 Å². The SMILES string of the molecule is CCC(CC)(CC(=O)N1CCC(C(C)(C)C)CC1)C(=O)O. The van der Waals surface area contributed by atoms with Gasteiger partial charge in [0.25, 0.3) is 0 Å². The van der Waals surface area contributed by atoms with Gasteiger partial charge in [0.05, 0.1) is 5.41 Å². The molecule has 1 aliphatic rings. The monoisotopic (exact) mass is 297 g/mol. The van der Waals surface area contributed by atoms with Gasteiger partial charge in [0.1, 0.15) is 0 Å². The fourth-order valence-corrected chi connectivity index (χ4v) is 3.27. The van der Waals surface area contributed by atoms with Gasteiger partial charge in [0.2, 0.25) is 5.91 Å². The van der Waals surface area contributed by atoms with Gasteiger partial charge in [-0.1, -0.05) is 34.6 Å². The molecular weight excluding hydrogens is 266 g/mol. The number of hydrogen-bond acceptors (Lipinski definition) is 2. The first-order valence-corrected chi connectivity index (χ1v) is 8.17. The second-order valence-electron chi connectivity index (χ2n) is 7.49. The number of nitrogens with zero attached hydrogens (tertiary/aromatic N) is 1. The molecule has 0 unspecified atom stereocenters. The molecule has 4 heteroatoms. The minimum Gasteiger partial charge on any atom is -0.481 e. The van der Waals surface area contributed by atoms with Crippen molar-refractivity contribution in [3.63, 3.8) is 0 Å². The number of aliphatic carboxylic acids is 1. The molecule has 0 spiro atoms. The van der Waals surface area contributed by atoms with Gasteiger partial charge >= 0.3 is 5.97 Å². The van der Waals surface area contributed by atoms with Crippen LogP contribution in [0.1, 0.15) is 66.7 Å². The van der Waals surface area contributed by atoms with E-state index in [0.29, 0.717) is 18.8 Å². The van der Waals surface area contributed by atoms with Gasteiger partial charge in [0, 0.05) is 19.5 Å². The highest BCUT2D eigenvalue weighted by atomic mass is 16.4. The summed E-state index contributed by atoms with van der Waals surface area (Å²) in [5.41, 5.74) is -0.606. The van der Waals surface area contributed by atoms with Crippen LogP contribution in [-0.4, -0.2) is 35.0 Å². The zero-order chi connectivity index (χ0) is 16.3. The highest BCUT2D eigenvalue weighted by Crippen LogP contribution is 2.36. The summed E-state index contributed by atoms with van der Waals surface area (Å²) in [6.45, 7) is 12.0. The Labute approximate surface area is 128 Å². The molecule has 1 N–H and O–H groups in total. The van der Waals surface area contributed by atoms with Crippen molar-refractivity contribution in [2.24, 2.45) is 16.7 Å². The zero-order valence-corrected chi connectivity index (χ0v) is 14.2. The Morgan fingerprint density at radius 2 is 1.57 bits per heavy atom. The molecule has 1 heterocycles. The molecule has 1 fully saturated rings. The first-order chi connectivity index (χ1) is 9.66. The molecule has 0 aromatic carbocycles. The summed E-state index contributed by atoms with van der Waals surface area (Å²) >= 11 is 0. The highest BCUT2D eigenvalue weighted by molar-refractivity contribution is 5.85. The van der Waals surface area contributed by atoms with E-state index in [0.717, 1.165) is 25.9 Å². The number of amides is 1. The summed E-state index contributed by atoms with van der Waals surface area (Å²) in [5, 5.41) is 9.45. The van der Waals surface area contributed by atoms with Crippen molar-refractivity contribution in [2.45, 2.75) is 66.7 Å². The van der Waals surface area contributed by atoms with E-state index in [9.17, 15) is 14.7 Å². The molecule has 122 valence electrons. The molecule has 1 amide bonds. The van der Waals surface area contributed by atoms with Crippen LogP contribution in [0.5, 0.6) is 0 Å². The third-order valence-electron chi connectivity index (χ3n) is 5.37. The number of piperidine rings is 1. The van der Waals surface area contributed by atoms with Crippen molar-refractivity contribution in [1.29, 1.82) is 0 Å². The van der Waals surface area contributed by atoms with Gasteiger partial charge in [-0.3, -0.25) is 9.59 Å². The maximum atomic E-state index is 12.5. The van der Waals surface area contributed by atoms with Crippen LogP contribution in [0.4, 0.5) is 0 Å². The minimum absolute atomic E-state index is 0.00783. The van der Waals surface area contributed by atoms with Crippen molar-refractivity contribution in [2.75, 3.05) is 13.1 Å². The normalized spacial score (nSPS) is 17.9. The molecular formula is C17H31NO3. The fourth-order valence-electron chi connectivity index (χ4n) is 3.27. The predicted molar refractivity (Wildman–Crippen MR) is 84.0 cm³/mol. The van der Waals surface area contributed by atoms with Gasteiger partial charge < -0.3 is 10.0 Å². The number of hydrogen-bond donors (Lipinski definition) is 1. The summed E-state index contributed by atoms with van der Waals surface area (Å²) in [6.07, 6.45) is 3.18. The number of carbonyl (C=O) groups is 2. The predicted octanol–water partition coefficient (Wildman–Crippen LogP) is 3.55. The van der Waals surface area contributed by atoms with Crippen LogP contribution in [0.25, 0.3) is 0 Å². The Morgan fingerprint density at radius 3 is 1.90 bits per heavy atom. The van der Waals surface area contributed by atoms with E-state index in [1.165, 1.54) is 0 Å². The van der Waals surface area contributed by atoms with Gasteiger partial charge in [-0.05, 0) is 37.0 Å². The number of carboxylic acid groups (broad SMARTS) is 1. The average molecular weight is 297 g/mol. The summed E-state index contributed by atoms with van der Waals surface area (Å²) in [7, 11) is 0. The quantitative estimate of drug-likeness (QED) is 0.844. The van der Waals surface area contributed by atoms with Crippen LogP contribution in [0.15, 0.2) is 0 Å². The van der Waals surface area contributed by atoms with Crippen LogP contribution in [-0.2, 0) is 9.59 Å². The van der Waals surface area contributed by atoms with E-state index >= 15 is 0 Å². The zero-order valence-electron chi connectivity index (χ0n) is 14.2. The van der Waals surface area contributed by atoms with Crippen LogP contribution in [0, 0.1) is 16.7 Å². The fraction of sp³-hybridized carbons (Fsp3) is 0.882. The molecule has 21 heavy (non-hydrogen) atoms. The molecule has 0 bridgehead atoms. The summed E-state index contributed by atoms with van der Waals surface area (Å²) in [4.78, 5) is 25.8. The Bertz CT molecular complexity index is 372. The molecule has 1 saturated heterocycles. The van der Waals surface area contributed by atoms with E-state index in [2.05, 4.69) is 20.8 Å². The summed E-state index contributed by atoms with van der Waals surface area (Å²) in [6, 6.07) is 0. The number of carbonyl (C=O) groups excluding carboxylic acids is 1. The number of carboxylic acids is 1. The number of rotatable bonds is 5. The lowest BCUT2D eigenvalue weighted by molar-refractivity contribution is -0.154. The van der Waals surface area contributed by atoms with Gasteiger partial charge in [-0.2, -0.15) is 0 Å². The third-order valence-corrected chi connectivity index (χ3v) is 5.37. The first-order valence-electron chi connectivity index (χ1n) is 8.17. The van der Waals surface area contributed by atoms with Crippen LogP contribution >= 0.6 is 0 Å². The molecule has 0 aliphatic carbocycles. The number of likely N-dealkylation sites (tertiary alicyclic amines) is 1. The van der Waals surface area contributed by atoms with Crippen LogP contribution in [0.3, 0.4) is 0 Å². The lowest BCUT2D eigenvalue weighted by Crippen LogP contribution is -2.44. The molecule has 0 aromatic rings. The molecule has 0 aromatic heterocycles. The molecule has 4 nitrogen and oxygen atoms in total. The lowest BCUT2D eigenvalue weighted by atomic mass is 9.75. The standard InChI is InChI=1S/C17H31NO3/c1-6-17(7-2,15(20)21)12-14(19)18-10-8-13(9-11-18)16(3,4)5/h13H,6-12H2,1-5H3,(H,20,21). The van der Waals surface area contributed by atoms with Crippen LogP contribution in [0.2, 0.25) is 0 Å². The summed E-state index contributed by atoms with van der Waals surface area (Å²) in [5.74, 6) is -0.193. The summed E-state index contributed by atoms with van der Waals surface area (Å²) < 4.78 is 0. The molecule has 0 saturated carbocycles. The topological polar surface area (TPSA) is 57.6 Å². The van der Waals surface area contributed by atoms with Crippen LogP contribution < -0.4 is 0 Å². The van der Waals surface area contributed by atoms with Crippen molar-refractivity contribution in [1.82, 2.24) is 4.90 Å². The van der Waals surface area contributed by atoms with Gasteiger partial charge in [0.15, 0.2) is 0 Å². The van der Waals surface area contributed by atoms with E-state index in [1.807, 2.05) is 18.7 Å². The Kier molecular flexibility index (Phi) is 5.83. The second-order valence-corrected chi connectivity index (χ2v) is 7.49. The Balaban J connectivity index is 2.64. The van der Waals surface area contributed by atoms with Crippen molar-refractivity contribution < 1.29 is 14.7 Å². The second kappa shape index (κ2) is 6.80. The van der Waals surface area contributed by atoms with Gasteiger partial charge in [-0.15, -0.1) is 0 Å². The van der Waals surface area contributed by atoms with Crippen molar-refractivity contribution in [3.05, 3.63) is 0 Å². The van der Waals surface area contributed by atoms with Crippen molar-refractivity contribution >= 4 is 11.9 Å². The van der Waals surface area contributed by atoms with Gasteiger partial charge in [-0.25, -0.2) is 0 Å².